The van der Waals surface area contributed by atoms with Gasteiger partial charge in [0.15, 0.2) is 5.78 Å². The van der Waals surface area contributed by atoms with E-state index < -0.39 is 15.6 Å². The molecule has 0 amide bonds. The molecule has 0 unspecified atom stereocenters. The van der Waals surface area contributed by atoms with E-state index in [1.165, 1.54) is 3.97 Å². The van der Waals surface area contributed by atoms with Crippen molar-refractivity contribution in [3.05, 3.63) is 75.9 Å². The molecule has 154 valence electrons. The van der Waals surface area contributed by atoms with Crippen molar-refractivity contribution in [2.45, 2.75) is 43.3 Å². The number of fused-ring (bicyclic) bond motifs is 5. The molecule has 3 aromatic rings. The van der Waals surface area contributed by atoms with Gasteiger partial charge in [0.25, 0.3) is 10.0 Å². The molecule has 5 nitrogen and oxygen atoms in total. The third kappa shape index (κ3) is 2.83. The number of carbonyl (C=O) groups is 1. The van der Waals surface area contributed by atoms with Gasteiger partial charge in [-0.05, 0) is 61.9 Å². The van der Waals surface area contributed by atoms with Gasteiger partial charge in [-0.3, -0.25) is 4.79 Å². The molecule has 1 aromatic heterocycles. The molecule has 0 N–H and O–H groups in total. The lowest BCUT2D eigenvalue weighted by atomic mass is 9.74. The van der Waals surface area contributed by atoms with Crippen molar-refractivity contribution in [1.82, 2.24) is 3.97 Å². The first-order chi connectivity index (χ1) is 14.2. The highest BCUT2D eigenvalue weighted by molar-refractivity contribution is 9.10. The molecule has 1 aliphatic carbocycles. The van der Waals surface area contributed by atoms with E-state index in [1.54, 1.807) is 36.4 Å². The summed E-state index contributed by atoms with van der Waals surface area (Å²) in [5, 5.41) is 0.831. The Balaban J connectivity index is 1.83. The van der Waals surface area contributed by atoms with E-state index in [0.717, 1.165) is 21.0 Å². The Kier molecular flexibility index (Phi) is 4.36. The van der Waals surface area contributed by atoms with Crippen LogP contribution in [-0.2, 0) is 26.2 Å². The number of carbonyl (C=O) groups excluding carboxylic acids is 1. The quantitative estimate of drug-likeness (QED) is 0.520. The van der Waals surface area contributed by atoms with E-state index in [9.17, 15) is 13.2 Å². The highest BCUT2D eigenvalue weighted by Crippen LogP contribution is 2.49. The molecule has 0 bridgehead atoms. The first-order valence-electron chi connectivity index (χ1n) is 9.72. The Morgan fingerprint density at radius 2 is 1.90 bits per heavy atom. The Labute approximate surface area is 183 Å². The van der Waals surface area contributed by atoms with Gasteiger partial charge in [-0.25, -0.2) is 12.4 Å². The first-order valence-corrected chi connectivity index (χ1v) is 11.9. The number of rotatable bonds is 2. The van der Waals surface area contributed by atoms with Gasteiger partial charge in [0, 0.05) is 22.2 Å². The molecule has 2 heterocycles. The third-order valence-corrected chi connectivity index (χ3v) is 8.41. The van der Waals surface area contributed by atoms with Crippen molar-refractivity contribution in [2.24, 2.45) is 0 Å². The number of benzene rings is 2. The highest BCUT2D eigenvalue weighted by atomic mass is 79.9. The van der Waals surface area contributed by atoms with Gasteiger partial charge in [-0.1, -0.05) is 33.6 Å². The summed E-state index contributed by atoms with van der Waals surface area (Å²) in [5.74, 6) is -0.226. The van der Waals surface area contributed by atoms with E-state index in [2.05, 4.69) is 15.9 Å². The van der Waals surface area contributed by atoms with Gasteiger partial charge in [-0.2, -0.15) is 0 Å². The third-order valence-electron chi connectivity index (χ3n) is 6.15. The molecule has 7 heteroatoms. The molecule has 2 aromatic carbocycles. The number of hydrogen-bond acceptors (Lipinski definition) is 4. The summed E-state index contributed by atoms with van der Waals surface area (Å²) in [6.45, 7) is 4.03. The molecule has 5 rings (SSSR count). The average molecular weight is 486 g/mol. The maximum Gasteiger partial charge on any atom is 0.268 e. The number of ketones is 1. The molecule has 0 spiro atoms. The molecule has 1 aliphatic heterocycles. The summed E-state index contributed by atoms with van der Waals surface area (Å²) in [5.41, 5.74) is 2.42. The molecule has 0 fully saturated rings. The zero-order valence-corrected chi connectivity index (χ0v) is 19.0. The first kappa shape index (κ1) is 19.7. The normalized spacial score (nSPS) is 23.4. The molecule has 2 aliphatic rings. The van der Waals surface area contributed by atoms with Crippen molar-refractivity contribution in [3.63, 3.8) is 0 Å². The number of ether oxygens (including phenoxy) is 1. The van der Waals surface area contributed by atoms with Gasteiger partial charge in [-0.15, -0.1) is 0 Å². The van der Waals surface area contributed by atoms with Gasteiger partial charge >= 0.3 is 0 Å². The van der Waals surface area contributed by atoms with Crippen LogP contribution >= 0.6 is 15.9 Å². The molecule has 0 saturated carbocycles. The number of aryl methyl sites for hydroxylation is 1. The topological polar surface area (TPSA) is 65.4 Å². The van der Waals surface area contributed by atoms with Gasteiger partial charge < -0.3 is 4.74 Å². The zero-order chi connectivity index (χ0) is 21.3. The van der Waals surface area contributed by atoms with Crippen LogP contribution in [0, 0.1) is 6.92 Å². The van der Waals surface area contributed by atoms with Crippen molar-refractivity contribution in [2.75, 3.05) is 0 Å². The molecule has 2 atom stereocenters. The van der Waals surface area contributed by atoms with Crippen LogP contribution in [0.3, 0.4) is 0 Å². The Morgan fingerprint density at radius 3 is 2.63 bits per heavy atom. The van der Waals surface area contributed by atoms with E-state index in [4.69, 9.17) is 4.74 Å². The molecule has 30 heavy (non-hydrogen) atoms. The standard InChI is InChI=1S/C23H20BrNO4S/c1-14-3-6-17(7-4-14)30(27,28)25-20-8-5-15(24)11-18(20)22-19-12-16(26)9-10-23(19,2)29-13-21(22)25/h3-11,19H,12-13H2,1-2H3/t19-,23-/m1/s1. The minimum absolute atomic E-state index is 0.0196. The summed E-state index contributed by atoms with van der Waals surface area (Å²) in [7, 11) is -3.85. The van der Waals surface area contributed by atoms with E-state index in [0.29, 0.717) is 11.2 Å². The fourth-order valence-electron chi connectivity index (χ4n) is 4.53. The lowest BCUT2D eigenvalue weighted by Gasteiger charge is -2.41. The fraction of sp³-hybridized carbons (Fsp3) is 0.261. The highest BCUT2D eigenvalue weighted by Gasteiger charge is 2.46. The summed E-state index contributed by atoms with van der Waals surface area (Å²) < 4.78 is 35.8. The Bertz CT molecular complexity index is 1340. The molecular weight excluding hydrogens is 466 g/mol. The van der Waals surface area contributed by atoms with Crippen molar-refractivity contribution in [1.29, 1.82) is 0 Å². The van der Waals surface area contributed by atoms with Gasteiger partial charge in [0.05, 0.1) is 28.3 Å². The summed E-state index contributed by atoms with van der Waals surface area (Å²) >= 11 is 3.52. The van der Waals surface area contributed by atoms with Crippen LogP contribution in [0.4, 0.5) is 0 Å². The van der Waals surface area contributed by atoms with Crippen molar-refractivity contribution in [3.8, 4) is 0 Å². The zero-order valence-electron chi connectivity index (χ0n) is 16.6. The van der Waals surface area contributed by atoms with Gasteiger partial charge in [0.2, 0.25) is 0 Å². The van der Waals surface area contributed by atoms with Crippen molar-refractivity contribution >= 4 is 42.6 Å². The molecular formula is C23H20BrNO4S. The van der Waals surface area contributed by atoms with Crippen molar-refractivity contribution < 1.29 is 17.9 Å². The monoisotopic (exact) mass is 485 g/mol. The van der Waals surface area contributed by atoms with Crippen LogP contribution in [0.15, 0.2) is 64.0 Å². The summed E-state index contributed by atoms with van der Waals surface area (Å²) in [6, 6.07) is 12.4. The fourth-order valence-corrected chi connectivity index (χ4v) is 6.45. The number of halogens is 1. The Hall–Kier alpha value is -2.22. The maximum atomic E-state index is 13.7. The second-order valence-corrected chi connectivity index (χ2v) is 10.8. The summed E-state index contributed by atoms with van der Waals surface area (Å²) in [4.78, 5) is 12.5. The van der Waals surface area contributed by atoms with Crippen LogP contribution in [0.5, 0.6) is 0 Å². The van der Waals surface area contributed by atoms with Crippen LogP contribution in [-0.4, -0.2) is 23.8 Å². The Morgan fingerprint density at radius 1 is 1.17 bits per heavy atom. The predicted octanol–water partition coefficient (Wildman–Crippen LogP) is 4.85. The second kappa shape index (κ2) is 6.64. The van der Waals surface area contributed by atoms with Crippen LogP contribution in [0.2, 0.25) is 0 Å². The summed E-state index contributed by atoms with van der Waals surface area (Å²) in [6.07, 6.45) is 3.66. The minimum Gasteiger partial charge on any atom is -0.364 e. The number of hydrogen-bond donors (Lipinski definition) is 0. The largest absolute Gasteiger partial charge is 0.364 e. The van der Waals surface area contributed by atoms with Crippen LogP contribution in [0.25, 0.3) is 10.9 Å². The van der Waals surface area contributed by atoms with E-state index in [1.807, 2.05) is 32.1 Å². The van der Waals surface area contributed by atoms with E-state index in [-0.39, 0.29) is 29.6 Å². The predicted molar refractivity (Wildman–Crippen MR) is 118 cm³/mol. The smallest absolute Gasteiger partial charge is 0.268 e. The SMILES string of the molecule is Cc1ccc(S(=O)(=O)n2c3c(c4cc(Br)ccc42)[C@H]2CC(=O)C=C[C@@]2(C)OC3)cc1. The maximum absolute atomic E-state index is 13.7. The van der Waals surface area contributed by atoms with Crippen LogP contribution < -0.4 is 0 Å². The van der Waals surface area contributed by atoms with E-state index >= 15 is 0 Å². The second-order valence-electron chi connectivity index (χ2n) is 8.13. The molecule has 0 radical (unpaired) electrons. The van der Waals surface area contributed by atoms with Crippen LogP contribution in [0.1, 0.15) is 36.1 Å². The number of allylic oxidation sites excluding steroid dienone is 1. The number of nitrogens with zero attached hydrogens (tertiary/aromatic N) is 1. The van der Waals surface area contributed by atoms with Gasteiger partial charge in [0.1, 0.15) is 0 Å². The molecule has 0 saturated heterocycles. The lowest BCUT2D eigenvalue weighted by Crippen LogP contribution is -2.42. The average Bonchev–Trinajstić information content (AvgIpc) is 3.03. The lowest BCUT2D eigenvalue weighted by molar-refractivity contribution is -0.119. The minimum atomic E-state index is -3.85. The number of aromatic nitrogens is 1.